The van der Waals surface area contributed by atoms with E-state index in [1.165, 1.54) is 17.0 Å². The topological polar surface area (TPSA) is 90.3 Å². The van der Waals surface area contributed by atoms with Gasteiger partial charge in [-0.05, 0) is 37.6 Å². The first-order chi connectivity index (χ1) is 13.7. The fraction of sp³-hybridized carbons (Fsp3) is 0.263. The van der Waals surface area contributed by atoms with Crippen molar-refractivity contribution < 1.29 is 17.5 Å². The molecular formula is C19H19ClFN3O4S. The van der Waals surface area contributed by atoms with Crippen molar-refractivity contribution >= 4 is 38.2 Å². The Kier molecular flexibility index (Phi) is 6.09. The number of ether oxygens (including phenoxy) is 1. The van der Waals surface area contributed by atoms with Gasteiger partial charge in [0.1, 0.15) is 16.5 Å². The van der Waals surface area contributed by atoms with Crippen LogP contribution in [0.5, 0.6) is 11.5 Å². The fourth-order valence-electron chi connectivity index (χ4n) is 2.79. The van der Waals surface area contributed by atoms with Crippen molar-refractivity contribution in [1.29, 1.82) is 0 Å². The van der Waals surface area contributed by atoms with Crippen LogP contribution in [0.1, 0.15) is 12.0 Å². The molecule has 1 aromatic heterocycles. The molecule has 2 aromatic carbocycles. The molecule has 3 rings (SSSR count). The second-order valence-electron chi connectivity index (χ2n) is 6.43. The second kappa shape index (κ2) is 8.38. The number of aryl methyl sites for hydroxylation is 2. The smallest absolute Gasteiger partial charge is 0.261 e. The van der Waals surface area contributed by atoms with Gasteiger partial charge in [0.05, 0.1) is 35.3 Å². The predicted octanol–water partition coefficient (Wildman–Crippen LogP) is 3.79. The van der Waals surface area contributed by atoms with Crippen LogP contribution in [0, 0.1) is 6.92 Å². The van der Waals surface area contributed by atoms with Crippen molar-refractivity contribution in [3.8, 4) is 11.5 Å². The largest absolute Gasteiger partial charge is 0.455 e. The van der Waals surface area contributed by atoms with Crippen LogP contribution < -0.4 is 15.0 Å². The van der Waals surface area contributed by atoms with E-state index >= 15 is 0 Å². The highest BCUT2D eigenvalue weighted by Crippen LogP contribution is 2.37. The molecule has 0 aliphatic rings. The van der Waals surface area contributed by atoms with Gasteiger partial charge in [-0.15, -0.1) is 0 Å². The molecule has 0 bridgehead atoms. The van der Waals surface area contributed by atoms with Crippen LogP contribution in [-0.4, -0.2) is 30.4 Å². The minimum atomic E-state index is -3.74. The van der Waals surface area contributed by atoms with E-state index in [-0.39, 0.29) is 34.2 Å². The predicted molar refractivity (Wildman–Crippen MR) is 111 cm³/mol. The number of halogens is 2. The highest BCUT2D eigenvalue weighted by molar-refractivity contribution is 7.92. The number of alkyl halides is 1. The highest BCUT2D eigenvalue weighted by Gasteiger charge is 2.17. The van der Waals surface area contributed by atoms with Gasteiger partial charge in [0.15, 0.2) is 0 Å². The lowest BCUT2D eigenvalue weighted by molar-refractivity contribution is 0.480. The van der Waals surface area contributed by atoms with E-state index in [2.05, 4.69) is 9.71 Å². The number of fused-ring (bicyclic) bond motifs is 1. The molecule has 0 aliphatic carbocycles. The van der Waals surface area contributed by atoms with Crippen LogP contribution in [0.4, 0.5) is 10.1 Å². The van der Waals surface area contributed by atoms with Crippen molar-refractivity contribution in [3.63, 3.8) is 0 Å². The Hall–Kier alpha value is -2.65. The zero-order valence-corrected chi connectivity index (χ0v) is 17.3. The lowest BCUT2D eigenvalue weighted by Gasteiger charge is -2.15. The van der Waals surface area contributed by atoms with Gasteiger partial charge >= 0.3 is 0 Å². The van der Waals surface area contributed by atoms with Crippen LogP contribution in [-0.2, 0) is 17.1 Å². The Bertz CT molecular complexity index is 1230. The Morgan fingerprint density at radius 2 is 2.00 bits per heavy atom. The van der Waals surface area contributed by atoms with Crippen LogP contribution >= 0.6 is 11.6 Å². The minimum absolute atomic E-state index is 0.0508. The SMILES string of the molecule is Cc1c(Oc2cccc(NS(=O)(=O)CCCF)c2Cl)ccc2ncn(C)c(=O)c12. The molecule has 1 heterocycles. The molecule has 154 valence electrons. The first-order valence-corrected chi connectivity index (χ1v) is 10.7. The van der Waals surface area contributed by atoms with Gasteiger partial charge in [0.25, 0.3) is 5.56 Å². The van der Waals surface area contributed by atoms with Crippen LogP contribution in [0.15, 0.2) is 41.5 Å². The number of hydrogen-bond donors (Lipinski definition) is 1. The van der Waals surface area contributed by atoms with Gasteiger partial charge in [-0.2, -0.15) is 0 Å². The van der Waals surface area contributed by atoms with E-state index in [1.54, 1.807) is 38.2 Å². The lowest BCUT2D eigenvalue weighted by atomic mass is 10.1. The number of benzene rings is 2. The van der Waals surface area contributed by atoms with Gasteiger partial charge in [-0.3, -0.25) is 13.9 Å². The summed E-state index contributed by atoms with van der Waals surface area (Å²) >= 11 is 6.32. The normalized spacial score (nSPS) is 11.6. The van der Waals surface area contributed by atoms with Crippen LogP contribution in [0.3, 0.4) is 0 Å². The van der Waals surface area contributed by atoms with E-state index in [0.29, 0.717) is 22.2 Å². The molecule has 1 N–H and O–H groups in total. The molecule has 10 heteroatoms. The van der Waals surface area contributed by atoms with Crippen molar-refractivity contribution in [2.75, 3.05) is 17.1 Å². The molecule has 0 atom stereocenters. The monoisotopic (exact) mass is 439 g/mol. The van der Waals surface area contributed by atoms with Gasteiger partial charge < -0.3 is 9.30 Å². The van der Waals surface area contributed by atoms with Crippen molar-refractivity contribution in [3.05, 3.63) is 57.6 Å². The van der Waals surface area contributed by atoms with E-state index < -0.39 is 16.7 Å². The summed E-state index contributed by atoms with van der Waals surface area (Å²) in [6, 6.07) is 7.96. The van der Waals surface area contributed by atoms with Gasteiger partial charge in [-0.1, -0.05) is 17.7 Å². The first kappa shape index (κ1) is 21.1. The Balaban J connectivity index is 1.96. The summed E-state index contributed by atoms with van der Waals surface area (Å²) in [5.74, 6) is 0.243. The summed E-state index contributed by atoms with van der Waals surface area (Å²) in [5, 5.41) is 0.474. The maximum atomic E-state index is 12.5. The lowest BCUT2D eigenvalue weighted by Crippen LogP contribution is -2.18. The van der Waals surface area contributed by atoms with Gasteiger partial charge in [0, 0.05) is 12.6 Å². The van der Waals surface area contributed by atoms with E-state index in [0.717, 1.165) is 0 Å². The molecule has 0 spiro atoms. The third-order valence-corrected chi connectivity index (χ3v) is 6.04. The molecule has 0 amide bonds. The number of sulfonamides is 1. The number of hydrogen-bond acceptors (Lipinski definition) is 5. The minimum Gasteiger partial charge on any atom is -0.455 e. The molecule has 3 aromatic rings. The number of rotatable bonds is 7. The third kappa shape index (κ3) is 4.51. The average molecular weight is 440 g/mol. The Labute approximate surface area is 172 Å². The summed E-state index contributed by atoms with van der Waals surface area (Å²) in [5.41, 5.74) is 1.04. The van der Waals surface area contributed by atoms with E-state index in [4.69, 9.17) is 16.3 Å². The fourth-order valence-corrected chi connectivity index (χ4v) is 4.16. The zero-order chi connectivity index (χ0) is 21.2. The summed E-state index contributed by atoms with van der Waals surface area (Å²) in [7, 11) is -2.13. The number of anilines is 1. The zero-order valence-electron chi connectivity index (χ0n) is 15.8. The van der Waals surface area contributed by atoms with E-state index in [1.807, 2.05) is 0 Å². The summed E-state index contributed by atoms with van der Waals surface area (Å²) in [6.45, 7) is 1.01. The quantitative estimate of drug-likeness (QED) is 0.604. The maximum absolute atomic E-state index is 12.5. The van der Waals surface area contributed by atoms with E-state index in [9.17, 15) is 17.6 Å². The number of nitrogens with zero attached hydrogens (tertiary/aromatic N) is 2. The molecule has 0 radical (unpaired) electrons. The van der Waals surface area contributed by atoms with Crippen molar-refractivity contribution in [2.45, 2.75) is 13.3 Å². The average Bonchev–Trinajstić information content (AvgIpc) is 2.68. The van der Waals surface area contributed by atoms with Crippen molar-refractivity contribution in [1.82, 2.24) is 9.55 Å². The molecule has 7 nitrogen and oxygen atoms in total. The first-order valence-electron chi connectivity index (χ1n) is 8.71. The Morgan fingerprint density at radius 3 is 2.72 bits per heavy atom. The molecule has 0 fully saturated rings. The highest BCUT2D eigenvalue weighted by atomic mass is 35.5. The summed E-state index contributed by atoms with van der Waals surface area (Å²) in [6.07, 6.45) is 1.34. The summed E-state index contributed by atoms with van der Waals surface area (Å²) < 4.78 is 45.9. The van der Waals surface area contributed by atoms with Crippen LogP contribution in [0.2, 0.25) is 5.02 Å². The standard InChI is InChI=1S/C19H19ClFN3O4S/c1-12-15(8-7-13-17(12)19(25)24(2)11-22-13)28-16-6-3-5-14(18(16)20)23-29(26,27)10-4-9-21/h3,5-8,11,23H,4,9-10H2,1-2H3. The van der Waals surface area contributed by atoms with Gasteiger partial charge in [0.2, 0.25) is 10.0 Å². The second-order valence-corrected chi connectivity index (χ2v) is 8.65. The molecule has 0 aliphatic heterocycles. The molecule has 0 saturated heterocycles. The number of aromatic nitrogens is 2. The molecule has 29 heavy (non-hydrogen) atoms. The summed E-state index contributed by atoms with van der Waals surface area (Å²) in [4.78, 5) is 16.7. The van der Waals surface area contributed by atoms with Crippen molar-refractivity contribution in [2.24, 2.45) is 7.05 Å². The maximum Gasteiger partial charge on any atom is 0.261 e. The third-order valence-electron chi connectivity index (χ3n) is 4.29. The van der Waals surface area contributed by atoms with Gasteiger partial charge in [-0.25, -0.2) is 13.4 Å². The number of nitrogens with one attached hydrogen (secondary N) is 1. The molecule has 0 saturated carbocycles. The molecular weight excluding hydrogens is 421 g/mol. The molecule has 0 unspecified atom stereocenters. The van der Waals surface area contributed by atoms with Crippen LogP contribution in [0.25, 0.3) is 10.9 Å². The Morgan fingerprint density at radius 1 is 1.24 bits per heavy atom.